The van der Waals surface area contributed by atoms with Crippen molar-refractivity contribution in [3.05, 3.63) is 34.3 Å². The number of hydrogen-bond donors (Lipinski definition) is 1. The average Bonchev–Trinajstić information content (AvgIpc) is 2.77. The SMILES string of the molecule is O=C(CN1CCC(CO)C1)c1cccc(Br)c1. The summed E-state index contributed by atoms with van der Waals surface area (Å²) in [6.07, 6.45) is 0.988. The maximum atomic E-state index is 12.0. The van der Waals surface area contributed by atoms with Gasteiger partial charge in [-0.15, -0.1) is 0 Å². The van der Waals surface area contributed by atoms with Crippen molar-refractivity contribution in [1.29, 1.82) is 0 Å². The lowest BCUT2D eigenvalue weighted by Crippen LogP contribution is -2.28. The molecule has 4 heteroatoms. The van der Waals surface area contributed by atoms with Crippen molar-refractivity contribution in [2.75, 3.05) is 26.2 Å². The molecule has 1 N–H and O–H groups in total. The van der Waals surface area contributed by atoms with E-state index in [2.05, 4.69) is 20.8 Å². The summed E-state index contributed by atoms with van der Waals surface area (Å²) in [7, 11) is 0. The van der Waals surface area contributed by atoms with Gasteiger partial charge >= 0.3 is 0 Å². The largest absolute Gasteiger partial charge is 0.396 e. The van der Waals surface area contributed by atoms with E-state index < -0.39 is 0 Å². The summed E-state index contributed by atoms with van der Waals surface area (Å²) < 4.78 is 0.929. The van der Waals surface area contributed by atoms with E-state index in [4.69, 9.17) is 5.11 Å². The standard InChI is InChI=1S/C13H16BrNO2/c14-12-3-1-2-11(6-12)13(17)8-15-5-4-10(7-15)9-16/h1-3,6,10,16H,4-5,7-9H2. The first-order valence-corrected chi connectivity index (χ1v) is 6.60. The van der Waals surface area contributed by atoms with Crippen LogP contribution < -0.4 is 0 Å². The molecule has 1 heterocycles. The van der Waals surface area contributed by atoms with Crippen molar-refractivity contribution in [3.8, 4) is 0 Å². The van der Waals surface area contributed by atoms with Gasteiger partial charge in [0, 0.05) is 23.2 Å². The summed E-state index contributed by atoms with van der Waals surface area (Å²) in [5.41, 5.74) is 0.742. The highest BCUT2D eigenvalue weighted by Gasteiger charge is 2.23. The number of aliphatic hydroxyl groups is 1. The molecule has 3 nitrogen and oxygen atoms in total. The molecule has 1 unspecified atom stereocenters. The maximum Gasteiger partial charge on any atom is 0.176 e. The first kappa shape index (κ1) is 12.7. The minimum absolute atomic E-state index is 0.143. The number of nitrogens with zero attached hydrogens (tertiary/aromatic N) is 1. The predicted octanol–water partition coefficient (Wildman–Crippen LogP) is 1.95. The average molecular weight is 298 g/mol. The molecule has 2 rings (SSSR count). The van der Waals surface area contributed by atoms with Gasteiger partial charge < -0.3 is 5.11 Å². The summed E-state index contributed by atoms with van der Waals surface area (Å²) >= 11 is 3.37. The van der Waals surface area contributed by atoms with Crippen LogP contribution in [0.15, 0.2) is 28.7 Å². The summed E-state index contributed by atoms with van der Waals surface area (Å²) in [6.45, 7) is 2.41. The van der Waals surface area contributed by atoms with Crippen molar-refractivity contribution in [3.63, 3.8) is 0 Å². The minimum Gasteiger partial charge on any atom is -0.396 e. The third-order valence-corrected chi connectivity index (χ3v) is 3.64. The minimum atomic E-state index is 0.143. The smallest absolute Gasteiger partial charge is 0.176 e. The van der Waals surface area contributed by atoms with E-state index in [0.29, 0.717) is 12.5 Å². The third kappa shape index (κ3) is 3.37. The van der Waals surface area contributed by atoms with Crippen molar-refractivity contribution in [2.24, 2.45) is 5.92 Å². The maximum absolute atomic E-state index is 12.0. The molecular weight excluding hydrogens is 282 g/mol. The fourth-order valence-electron chi connectivity index (χ4n) is 2.16. The molecule has 1 aromatic rings. The van der Waals surface area contributed by atoms with E-state index in [9.17, 15) is 4.79 Å². The van der Waals surface area contributed by atoms with Crippen LogP contribution in [-0.2, 0) is 0 Å². The summed E-state index contributed by atoms with van der Waals surface area (Å²) in [4.78, 5) is 14.1. The Morgan fingerprint density at radius 1 is 1.53 bits per heavy atom. The van der Waals surface area contributed by atoms with Crippen LogP contribution in [-0.4, -0.2) is 42.0 Å². The fraction of sp³-hybridized carbons (Fsp3) is 0.462. The second kappa shape index (κ2) is 5.76. The Morgan fingerprint density at radius 3 is 3.00 bits per heavy atom. The van der Waals surface area contributed by atoms with Crippen molar-refractivity contribution in [1.82, 2.24) is 4.90 Å². The van der Waals surface area contributed by atoms with Crippen LogP contribution in [0.3, 0.4) is 0 Å². The van der Waals surface area contributed by atoms with Crippen LogP contribution in [0, 0.1) is 5.92 Å². The molecule has 1 aliphatic rings. The fourth-order valence-corrected chi connectivity index (χ4v) is 2.56. The number of Topliss-reactive ketones (excluding diaryl/α,β-unsaturated/α-hetero) is 1. The Bertz CT molecular complexity index is 408. The molecule has 0 amide bonds. The monoisotopic (exact) mass is 297 g/mol. The quantitative estimate of drug-likeness (QED) is 0.864. The van der Waals surface area contributed by atoms with E-state index in [0.717, 1.165) is 29.5 Å². The Morgan fingerprint density at radius 2 is 2.35 bits per heavy atom. The number of benzene rings is 1. The van der Waals surface area contributed by atoms with Crippen LogP contribution in [0.2, 0.25) is 0 Å². The normalized spacial score (nSPS) is 20.7. The van der Waals surface area contributed by atoms with Gasteiger partial charge in [0.05, 0.1) is 6.54 Å². The van der Waals surface area contributed by atoms with Crippen LogP contribution in [0.1, 0.15) is 16.8 Å². The zero-order valence-electron chi connectivity index (χ0n) is 9.60. The Labute approximate surface area is 110 Å². The lowest BCUT2D eigenvalue weighted by Gasteiger charge is -2.14. The summed E-state index contributed by atoms with van der Waals surface area (Å²) in [5, 5.41) is 9.05. The molecule has 1 fully saturated rings. The summed E-state index contributed by atoms with van der Waals surface area (Å²) in [6, 6.07) is 7.47. The molecule has 1 saturated heterocycles. The van der Waals surface area contributed by atoms with Gasteiger partial charge in [-0.05, 0) is 31.0 Å². The number of aliphatic hydroxyl groups excluding tert-OH is 1. The van der Waals surface area contributed by atoms with Gasteiger partial charge in [-0.1, -0.05) is 28.1 Å². The molecule has 17 heavy (non-hydrogen) atoms. The zero-order chi connectivity index (χ0) is 12.3. The molecular formula is C13H16BrNO2. The Hall–Kier alpha value is -0.710. The molecule has 0 saturated carbocycles. The number of carbonyl (C=O) groups is 1. The number of carbonyl (C=O) groups excluding carboxylic acids is 1. The second-order valence-electron chi connectivity index (χ2n) is 4.51. The highest BCUT2D eigenvalue weighted by atomic mass is 79.9. The first-order valence-electron chi connectivity index (χ1n) is 5.81. The number of likely N-dealkylation sites (tertiary alicyclic amines) is 1. The van der Waals surface area contributed by atoms with E-state index in [1.165, 1.54) is 0 Å². The van der Waals surface area contributed by atoms with Crippen LogP contribution in [0.25, 0.3) is 0 Å². The van der Waals surface area contributed by atoms with Gasteiger partial charge in [0.2, 0.25) is 0 Å². The van der Waals surface area contributed by atoms with Crippen molar-refractivity contribution < 1.29 is 9.90 Å². The molecule has 1 aromatic carbocycles. The van der Waals surface area contributed by atoms with E-state index in [1.54, 1.807) is 0 Å². The molecule has 1 atom stereocenters. The Balaban J connectivity index is 1.94. The molecule has 92 valence electrons. The van der Waals surface area contributed by atoms with Gasteiger partial charge in [-0.3, -0.25) is 9.69 Å². The first-order chi connectivity index (χ1) is 8.19. The number of hydrogen-bond acceptors (Lipinski definition) is 3. The van der Waals surface area contributed by atoms with Gasteiger partial charge in [-0.25, -0.2) is 0 Å². The van der Waals surface area contributed by atoms with Crippen molar-refractivity contribution >= 4 is 21.7 Å². The van der Waals surface area contributed by atoms with Gasteiger partial charge in [0.25, 0.3) is 0 Å². The van der Waals surface area contributed by atoms with Gasteiger partial charge in [0.1, 0.15) is 0 Å². The van der Waals surface area contributed by atoms with Gasteiger partial charge in [-0.2, -0.15) is 0 Å². The molecule has 0 aromatic heterocycles. The molecule has 1 aliphatic heterocycles. The number of rotatable bonds is 4. The second-order valence-corrected chi connectivity index (χ2v) is 5.42. The third-order valence-electron chi connectivity index (χ3n) is 3.14. The molecule has 0 aliphatic carbocycles. The highest BCUT2D eigenvalue weighted by Crippen LogP contribution is 2.17. The van der Waals surface area contributed by atoms with Crippen LogP contribution >= 0.6 is 15.9 Å². The van der Waals surface area contributed by atoms with Crippen LogP contribution in [0.4, 0.5) is 0 Å². The molecule has 0 spiro atoms. The summed E-state index contributed by atoms with van der Waals surface area (Å²) in [5.74, 6) is 0.482. The lowest BCUT2D eigenvalue weighted by atomic mass is 10.1. The zero-order valence-corrected chi connectivity index (χ0v) is 11.2. The van der Waals surface area contributed by atoms with E-state index in [1.807, 2.05) is 24.3 Å². The predicted molar refractivity (Wildman–Crippen MR) is 70.1 cm³/mol. The van der Waals surface area contributed by atoms with Gasteiger partial charge in [0.15, 0.2) is 5.78 Å². The van der Waals surface area contributed by atoms with Crippen molar-refractivity contribution in [2.45, 2.75) is 6.42 Å². The highest BCUT2D eigenvalue weighted by molar-refractivity contribution is 9.10. The Kier molecular flexibility index (Phi) is 4.31. The van der Waals surface area contributed by atoms with Crippen LogP contribution in [0.5, 0.6) is 0 Å². The van der Waals surface area contributed by atoms with E-state index >= 15 is 0 Å². The number of halogens is 1. The number of ketones is 1. The lowest BCUT2D eigenvalue weighted by molar-refractivity contribution is 0.0940. The topological polar surface area (TPSA) is 40.5 Å². The molecule has 0 radical (unpaired) electrons. The molecule has 0 bridgehead atoms. The van der Waals surface area contributed by atoms with E-state index in [-0.39, 0.29) is 12.4 Å².